The summed E-state index contributed by atoms with van der Waals surface area (Å²) in [5, 5.41) is 9.73. The molecule has 0 spiro atoms. The third-order valence-corrected chi connectivity index (χ3v) is 6.58. The molecule has 0 radical (unpaired) electrons. The van der Waals surface area contributed by atoms with Crippen LogP contribution in [-0.4, -0.2) is 55.7 Å². The topological polar surface area (TPSA) is 79.3 Å². The Balaban J connectivity index is 1.85. The minimum absolute atomic E-state index is 0.0565. The van der Waals surface area contributed by atoms with Gasteiger partial charge in [0.05, 0.1) is 25.5 Å². The number of hydrogen-bond acceptors (Lipinski definition) is 6. The number of ether oxygens (including phenoxy) is 2. The lowest BCUT2D eigenvalue weighted by Gasteiger charge is -2.34. The van der Waals surface area contributed by atoms with Gasteiger partial charge in [-0.2, -0.15) is 0 Å². The zero-order valence-corrected chi connectivity index (χ0v) is 19.6. The van der Waals surface area contributed by atoms with Crippen LogP contribution in [0.5, 0.6) is 11.5 Å². The van der Waals surface area contributed by atoms with Crippen LogP contribution in [0.1, 0.15) is 29.5 Å². The number of hydrogen-bond donors (Lipinski definition) is 1. The van der Waals surface area contributed by atoms with Crippen molar-refractivity contribution >= 4 is 23.1 Å². The Labute approximate surface area is 194 Å². The van der Waals surface area contributed by atoms with E-state index in [1.54, 1.807) is 25.3 Å². The minimum atomic E-state index is -0.382. The number of imide groups is 1. The van der Waals surface area contributed by atoms with Crippen molar-refractivity contribution in [3.8, 4) is 11.5 Å². The largest absolute Gasteiger partial charge is 0.497 e. The van der Waals surface area contributed by atoms with E-state index < -0.39 is 0 Å². The summed E-state index contributed by atoms with van der Waals surface area (Å²) in [5.74, 6) is 0.255. The van der Waals surface area contributed by atoms with E-state index in [0.29, 0.717) is 47.1 Å². The molecule has 2 aromatic rings. The quantitative estimate of drug-likeness (QED) is 0.681. The van der Waals surface area contributed by atoms with Crippen LogP contribution < -0.4 is 14.4 Å². The molecule has 1 fully saturated rings. The van der Waals surface area contributed by atoms with Crippen molar-refractivity contribution < 1.29 is 24.2 Å². The van der Waals surface area contributed by atoms with E-state index in [4.69, 9.17) is 9.47 Å². The number of carbonyl (C=O) groups is 2. The monoisotopic (exact) mass is 450 g/mol. The second-order valence-electron chi connectivity index (χ2n) is 8.64. The van der Waals surface area contributed by atoms with E-state index in [9.17, 15) is 14.7 Å². The lowest BCUT2D eigenvalue weighted by atomic mass is 9.96. The molecule has 2 amide bonds. The summed E-state index contributed by atoms with van der Waals surface area (Å²) >= 11 is 0. The van der Waals surface area contributed by atoms with Crippen molar-refractivity contribution in [3.63, 3.8) is 0 Å². The standard InChI is InChI=1S/C26H30N2O5/c1-16-7-8-19(12-17(16)2)23-24(27-11-5-6-18(14-27)15-29)26(31)28(25(23)30)21-10-9-20(32-3)13-22(21)33-4/h7-10,12-13,18,29H,5-6,11,14-15H2,1-4H3. The fourth-order valence-corrected chi connectivity index (χ4v) is 4.57. The zero-order chi connectivity index (χ0) is 23.7. The van der Waals surface area contributed by atoms with Crippen molar-refractivity contribution in [2.75, 3.05) is 38.8 Å². The van der Waals surface area contributed by atoms with E-state index in [0.717, 1.165) is 24.0 Å². The van der Waals surface area contributed by atoms with Crippen LogP contribution in [0, 0.1) is 19.8 Å². The molecule has 7 heteroatoms. The zero-order valence-electron chi connectivity index (χ0n) is 19.6. The first-order chi connectivity index (χ1) is 15.9. The van der Waals surface area contributed by atoms with Gasteiger partial charge in [-0.3, -0.25) is 9.59 Å². The molecule has 33 heavy (non-hydrogen) atoms. The first-order valence-electron chi connectivity index (χ1n) is 11.2. The fourth-order valence-electron chi connectivity index (χ4n) is 4.57. The number of benzene rings is 2. The molecule has 0 bridgehead atoms. The van der Waals surface area contributed by atoms with Crippen molar-refractivity contribution in [2.24, 2.45) is 5.92 Å². The third-order valence-electron chi connectivity index (χ3n) is 6.58. The predicted molar refractivity (Wildman–Crippen MR) is 126 cm³/mol. The van der Waals surface area contributed by atoms with Crippen molar-refractivity contribution in [3.05, 3.63) is 58.8 Å². The van der Waals surface area contributed by atoms with Gasteiger partial charge in [-0.15, -0.1) is 0 Å². The smallest absolute Gasteiger partial charge is 0.282 e. The Morgan fingerprint density at radius 1 is 1.00 bits per heavy atom. The molecule has 174 valence electrons. The molecule has 0 aliphatic carbocycles. The average molecular weight is 451 g/mol. The summed E-state index contributed by atoms with van der Waals surface area (Å²) in [4.78, 5) is 30.8. The van der Waals surface area contributed by atoms with E-state index in [2.05, 4.69) is 0 Å². The van der Waals surface area contributed by atoms with Crippen LogP contribution in [0.15, 0.2) is 42.1 Å². The number of methoxy groups -OCH3 is 2. The van der Waals surface area contributed by atoms with Gasteiger partial charge in [0, 0.05) is 25.8 Å². The van der Waals surface area contributed by atoms with Crippen LogP contribution in [-0.2, 0) is 9.59 Å². The van der Waals surface area contributed by atoms with Crippen molar-refractivity contribution in [1.82, 2.24) is 4.90 Å². The number of likely N-dealkylation sites (tertiary alicyclic amines) is 1. The maximum atomic E-state index is 13.8. The van der Waals surface area contributed by atoms with E-state index in [1.807, 2.05) is 36.9 Å². The first-order valence-corrected chi connectivity index (χ1v) is 11.2. The molecule has 2 aliphatic rings. The summed E-state index contributed by atoms with van der Waals surface area (Å²) in [5.41, 5.74) is 4.03. The number of anilines is 1. The van der Waals surface area contributed by atoms with Gasteiger partial charge in [0.2, 0.25) is 0 Å². The highest BCUT2D eigenvalue weighted by Crippen LogP contribution is 2.41. The number of aliphatic hydroxyl groups is 1. The molecule has 1 saturated heterocycles. The number of nitrogens with zero attached hydrogens (tertiary/aromatic N) is 2. The van der Waals surface area contributed by atoms with Crippen molar-refractivity contribution in [2.45, 2.75) is 26.7 Å². The number of carbonyl (C=O) groups excluding carboxylic acids is 2. The summed E-state index contributed by atoms with van der Waals surface area (Å²) in [6, 6.07) is 10.8. The first kappa shape index (κ1) is 22.9. The minimum Gasteiger partial charge on any atom is -0.497 e. The molecular weight excluding hydrogens is 420 g/mol. The number of piperidine rings is 1. The molecule has 1 atom stereocenters. The summed E-state index contributed by atoms with van der Waals surface area (Å²) in [6.45, 7) is 5.26. The van der Waals surface area contributed by atoms with Gasteiger partial charge < -0.3 is 19.5 Å². The Morgan fingerprint density at radius 3 is 2.45 bits per heavy atom. The Bertz CT molecular complexity index is 1120. The lowest BCUT2D eigenvalue weighted by Crippen LogP contribution is -2.40. The summed E-state index contributed by atoms with van der Waals surface area (Å²) in [7, 11) is 3.05. The molecule has 2 heterocycles. The Hall–Kier alpha value is -3.32. The molecule has 2 aromatic carbocycles. The van der Waals surface area contributed by atoms with Gasteiger partial charge in [0.15, 0.2) is 0 Å². The average Bonchev–Trinajstić information content (AvgIpc) is 3.10. The second kappa shape index (κ2) is 9.27. The van der Waals surface area contributed by atoms with Gasteiger partial charge in [-0.05, 0) is 61.4 Å². The highest BCUT2D eigenvalue weighted by molar-refractivity contribution is 6.45. The van der Waals surface area contributed by atoms with Gasteiger partial charge in [-0.1, -0.05) is 18.2 Å². The number of aliphatic hydroxyl groups excluding tert-OH is 1. The maximum absolute atomic E-state index is 13.8. The summed E-state index contributed by atoms with van der Waals surface area (Å²) in [6.07, 6.45) is 1.75. The highest BCUT2D eigenvalue weighted by Gasteiger charge is 2.44. The highest BCUT2D eigenvalue weighted by atomic mass is 16.5. The Morgan fingerprint density at radius 2 is 1.79 bits per heavy atom. The fraction of sp³-hybridized carbons (Fsp3) is 0.385. The number of aryl methyl sites for hydroxylation is 2. The van der Waals surface area contributed by atoms with E-state index >= 15 is 0 Å². The van der Waals surface area contributed by atoms with Crippen LogP contribution in [0.3, 0.4) is 0 Å². The molecule has 2 aliphatic heterocycles. The molecule has 0 aromatic heterocycles. The third kappa shape index (κ3) is 4.09. The van der Waals surface area contributed by atoms with E-state index in [-0.39, 0.29) is 24.3 Å². The van der Waals surface area contributed by atoms with Crippen LogP contribution in [0.25, 0.3) is 5.57 Å². The number of rotatable bonds is 6. The van der Waals surface area contributed by atoms with Crippen LogP contribution in [0.2, 0.25) is 0 Å². The Kier molecular flexibility index (Phi) is 6.42. The molecule has 1 unspecified atom stereocenters. The number of amides is 2. The second-order valence-corrected chi connectivity index (χ2v) is 8.64. The molecule has 4 rings (SSSR count). The summed E-state index contributed by atoms with van der Waals surface area (Å²) < 4.78 is 10.8. The molecule has 1 N–H and O–H groups in total. The molecule has 0 saturated carbocycles. The molecular formula is C26H30N2O5. The maximum Gasteiger partial charge on any atom is 0.282 e. The van der Waals surface area contributed by atoms with Crippen LogP contribution in [0.4, 0.5) is 5.69 Å². The van der Waals surface area contributed by atoms with Gasteiger partial charge in [0.25, 0.3) is 11.8 Å². The van der Waals surface area contributed by atoms with E-state index in [1.165, 1.54) is 12.0 Å². The molecule has 7 nitrogen and oxygen atoms in total. The van der Waals surface area contributed by atoms with Gasteiger partial charge in [-0.25, -0.2) is 4.90 Å². The van der Waals surface area contributed by atoms with Gasteiger partial charge in [0.1, 0.15) is 17.2 Å². The predicted octanol–water partition coefficient (Wildman–Crippen LogP) is 3.31. The van der Waals surface area contributed by atoms with Crippen molar-refractivity contribution in [1.29, 1.82) is 0 Å². The lowest BCUT2D eigenvalue weighted by molar-refractivity contribution is -0.120. The van der Waals surface area contributed by atoms with Gasteiger partial charge >= 0.3 is 0 Å². The normalized spacial score (nSPS) is 18.9. The SMILES string of the molecule is COc1ccc(N2C(=O)C(c3ccc(C)c(C)c3)=C(N3CCCC(CO)C3)C2=O)c(OC)c1. The van der Waals surface area contributed by atoms with Crippen LogP contribution >= 0.6 is 0 Å².